The lowest BCUT2D eigenvalue weighted by molar-refractivity contribution is -0.948. The second-order valence-electron chi connectivity index (χ2n) is 9.40. The van der Waals surface area contributed by atoms with Crippen molar-refractivity contribution in [2.75, 3.05) is 16.8 Å². The summed E-state index contributed by atoms with van der Waals surface area (Å²) in [4.78, 5) is 43.9. The normalized spacial score (nSPS) is 32.5. The summed E-state index contributed by atoms with van der Waals surface area (Å²) in [5.41, 5.74) is 2.79. The largest absolute Gasteiger partial charge is 0.320 e. The highest BCUT2D eigenvalue weighted by molar-refractivity contribution is 9.10. The molecule has 2 N–H and O–H groups in total. The molecule has 3 fully saturated rings. The standard InChI is InChI=1S/C24H21BrClN3O3/c1-11-5-6-16(15(25)8-11)29-21(30)18-17-4-3-7-28(17)24(19(18)22(29)31)14-10-13(26)9-12(2)20(14)27-23(24)32/h5-6,8-10,17-19H,3-4,7H2,1-2H3,(H,27,32)/p+1/t17?,18?,19?,24-/m0/s1. The Bertz CT molecular complexity index is 1250. The van der Waals surface area contributed by atoms with E-state index in [1.165, 1.54) is 4.90 Å². The van der Waals surface area contributed by atoms with Gasteiger partial charge in [-0.3, -0.25) is 14.4 Å². The highest BCUT2D eigenvalue weighted by atomic mass is 79.9. The molecule has 1 spiro atoms. The maximum absolute atomic E-state index is 14.0. The first-order chi connectivity index (χ1) is 15.3. The molecule has 6 rings (SSSR count). The van der Waals surface area contributed by atoms with Crippen LogP contribution in [0.1, 0.15) is 29.5 Å². The molecule has 0 saturated carbocycles. The van der Waals surface area contributed by atoms with E-state index in [1.54, 1.807) is 6.07 Å². The molecule has 4 unspecified atom stereocenters. The molecule has 0 aromatic heterocycles. The number of anilines is 2. The van der Waals surface area contributed by atoms with Gasteiger partial charge in [0, 0.05) is 27.9 Å². The minimum absolute atomic E-state index is 0.0679. The van der Waals surface area contributed by atoms with Crippen LogP contribution in [0.3, 0.4) is 0 Å². The van der Waals surface area contributed by atoms with Crippen LogP contribution in [0.25, 0.3) is 0 Å². The van der Waals surface area contributed by atoms with E-state index in [9.17, 15) is 14.4 Å². The Hall–Kier alpha value is -2.22. The molecule has 32 heavy (non-hydrogen) atoms. The van der Waals surface area contributed by atoms with Crippen LogP contribution in [0, 0.1) is 25.7 Å². The van der Waals surface area contributed by atoms with Gasteiger partial charge in [-0.25, -0.2) is 4.90 Å². The van der Waals surface area contributed by atoms with Gasteiger partial charge in [0.25, 0.3) is 5.91 Å². The minimum Gasteiger partial charge on any atom is -0.320 e. The maximum Gasteiger partial charge on any atom is 0.291 e. The zero-order valence-corrected chi connectivity index (χ0v) is 20.0. The van der Waals surface area contributed by atoms with Crippen LogP contribution < -0.4 is 15.1 Å². The van der Waals surface area contributed by atoms with Crippen molar-refractivity contribution in [3.05, 3.63) is 56.5 Å². The van der Waals surface area contributed by atoms with Crippen molar-refractivity contribution in [1.29, 1.82) is 0 Å². The van der Waals surface area contributed by atoms with Gasteiger partial charge in [0.15, 0.2) is 0 Å². The number of hydrogen-bond acceptors (Lipinski definition) is 3. The summed E-state index contributed by atoms with van der Waals surface area (Å²) < 4.78 is 0.694. The Labute approximate surface area is 199 Å². The van der Waals surface area contributed by atoms with Crippen LogP contribution in [-0.4, -0.2) is 30.3 Å². The smallest absolute Gasteiger partial charge is 0.291 e. The van der Waals surface area contributed by atoms with Crippen LogP contribution in [-0.2, 0) is 19.9 Å². The monoisotopic (exact) mass is 514 g/mol. The zero-order chi connectivity index (χ0) is 22.5. The van der Waals surface area contributed by atoms with Gasteiger partial charge in [0.05, 0.1) is 17.9 Å². The van der Waals surface area contributed by atoms with Gasteiger partial charge >= 0.3 is 0 Å². The number of imide groups is 1. The highest BCUT2D eigenvalue weighted by Gasteiger charge is 2.78. The van der Waals surface area contributed by atoms with E-state index >= 15 is 0 Å². The first-order valence-corrected chi connectivity index (χ1v) is 12.1. The third-order valence-electron chi connectivity index (χ3n) is 7.83. The van der Waals surface area contributed by atoms with Crippen LogP contribution in [0.5, 0.6) is 0 Å². The van der Waals surface area contributed by atoms with Crippen LogP contribution in [0.2, 0.25) is 5.02 Å². The van der Waals surface area contributed by atoms with Gasteiger partial charge in [-0.1, -0.05) is 17.7 Å². The lowest BCUT2D eigenvalue weighted by atomic mass is 9.75. The number of halogens is 2. The van der Waals surface area contributed by atoms with Crippen molar-refractivity contribution in [2.45, 2.75) is 38.3 Å². The molecule has 6 nitrogen and oxygen atoms in total. The summed E-state index contributed by atoms with van der Waals surface area (Å²) >= 11 is 9.96. The second kappa shape index (κ2) is 6.65. The fourth-order valence-electron chi connectivity index (χ4n) is 6.72. The molecule has 0 aliphatic carbocycles. The number of nitrogens with zero attached hydrogens (tertiary/aromatic N) is 1. The van der Waals surface area contributed by atoms with Crippen molar-refractivity contribution in [3.63, 3.8) is 0 Å². The zero-order valence-electron chi connectivity index (χ0n) is 17.7. The molecule has 8 heteroatoms. The molecule has 4 aliphatic rings. The Morgan fingerprint density at radius 1 is 1.16 bits per heavy atom. The third-order valence-corrected chi connectivity index (χ3v) is 8.69. The summed E-state index contributed by atoms with van der Waals surface area (Å²) in [5, 5.41) is 3.58. The van der Waals surface area contributed by atoms with Gasteiger partial charge in [-0.15, -0.1) is 0 Å². The molecule has 3 saturated heterocycles. The number of benzene rings is 2. The molecule has 2 aromatic carbocycles. The SMILES string of the molecule is Cc1ccc(N2C(=O)C3C4CCC[NH+]4[C@]4(C(=O)Nc5c(C)cc(Cl)cc54)C3C2=O)c(Br)c1. The van der Waals surface area contributed by atoms with Crippen molar-refractivity contribution >= 4 is 56.6 Å². The molecule has 0 bridgehead atoms. The lowest BCUT2D eigenvalue weighted by Crippen LogP contribution is -3.19. The summed E-state index contributed by atoms with van der Waals surface area (Å²) in [7, 11) is 0. The van der Waals surface area contributed by atoms with Gasteiger partial charge in [-0.2, -0.15) is 0 Å². The molecule has 2 aromatic rings. The topological polar surface area (TPSA) is 70.9 Å². The molecular formula is C24H22BrClN3O3+. The Balaban J connectivity index is 1.58. The van der Waals surface area contributed by atoms with E-state index in [0.717, 1.165) is 46.7 Å². The predicted molar refractivity (Wildman–Crippen MR) is 124 cm³/mol. The van der Waals surface area contributed by atoms with E-state index in [-0.39, 0.29) is 23.8 Å². The van der Waals surface area contributed by atoms with Crippen LogP contribution >= 0.6 is 27.5 Å². The molecule has 5 atom stereocenters. The van der Waals surface area contributed by atoms with E-state index in [1.807, 2.05) is 38.1 Å². The number of carbonyl (C=O) groups is 3. The molecule has 3 amide bonds. The number of nitrogens with one attached hydrogen (secondary N) is 2. The molecule has 4 aliphatic heterocycles. The Morgan fingerprint density at radius 3 is 2.69 bits per heavy atom. The van der Waals surface area contributed by atoms with Crippen molar-refractivity contribution in [3.8, 4) is 0 Å². The van der Waals surface area contributed by atoms with Gasteiger partial charge in [-0.05, 0) is 65.2 Å². The van der Waals surface area contributed by atoms with Crippen molar-refractivity contribution < 1.29 is 19.3 Å². The fourth-order valence-corrected chi connectivity index (χ4v) is 7.67. The van der Waals surface area contributed by atoms with Crippen LogP contribution in [0.4, 0.5) is 11.4 Å². The minimum atomic E-state index is -1.13. The Morgan fingerprint density at radius 2 is 1.94 bits per heavy atom. The Kier molecular flexibility index (Phi) is 4.24. The lowest BCUT2D eigenvalue weighted by Gasteiger charge is -2.33. The average Bonchev–Trinajstić information content (AvgIpc) is 3.42. The van der Waals surface area contributed by atoms with Gasteiger partial charge in [0.1, 0.15) is 17.9 Å². The van der Waals surface area contributed by atoms with Gasteiger partial charge < -0.3 is 10.2 Å². The van der Waals surface area contributed by atoms with E-state index in [4.69, 9.17) is 11.6 Å². The molecule has 164 valence electrons. The van der Waals surface area contributed by atoms with Gasteiger partial charge in [0.2, 0.25) is 17.4 Å². The predicted octanol–water partition coefficient (Wildman–Crippen LogP) is 2.73. The van der Waals surface area contributed by atoms with Crippen molar-refractivity contribution in [2.24, 2.45) is 11.8 Å². The number of fused-ring (bicyclic) bond motifs is 7. The number of hydrogen-bond donors (Lipinski definition) is 2. The molecule has 0 radical (unpaired) electrons. The third kappa shape index (κ3) is 2.31. The number of amides is 3. The second-order valence-corrected chi connectivity index (χ2v) is 10.7. The summed E-state index contributed by atoms with van der Waals surface area (Å²) in [6, 6.07) is 9.15. The maximum atomic E-state index is 14.0. The van der Waals surface area contributed by atoms with E-state index < -0.39 is 17.4 Å². The number of aryl methyl sites for hydroxylation is 2. The quantitative estimate of drug-likeness (QED) is 0.574. The molecule has 4 heterocycles. The first kappa shape index (κ1) is 20.4. The van der Waals surface area contributed by atoms with Crippen LogP contribution in [0.15, 0.2) is 34.8 Å². The number of rotatable bonds is 1. The highest BCUT2D eigenvalue weighted by Crippen LogP contribution is 2.53. The summed E-state index contributed by atoms with van der Waals surface area (Å²) in [6.07, 6.45) is 1.74. The van der Waals surface area contributed by atoms with E-state index in [2.05, 4.69) is 21.2 Å². The molecular weight excluding hydrogens is 494 g/mol. The average molecular weight is 516 g/mol. The fraction of sp³-hybridized carbons (Fsp3) is 0.375. The number of carbonyl (C=O) groups excluding carboxylic acids is 3. The summed E-state index contributed by atoms with van der Waals surface area (Å²) in [5.74, 6) is -1.97. The number of quaternary nitrogens is 1. The van der Waals surface area contributed by atoms with E-state index in [0.29, 0.717) is 15.2 Å². The first-order valence-electron chi connectivity index (χ1n) is 10.9. The summed E-state index contributed by atoms with van der Waals surface area (Å²) in [6.45, 7) is 4.62. The van der Waals surface area contributed by atoms with Crippen molar-refractivity contribution in [1.82, 2.24) is 0 Å².